The Hall–Kier alpha value is -0.940. The van der Waals surface area contributed by atoms with Gasteiger partial charge in [-0.2, -0.15) is 0 Å². The lowest BCUT2D eigenvalue weighted by molar-refractivity contribution is 0.439. The van der Waals surface area contributed by atoms with Crippen molar-refractivity contribution < 1.29 is 9.13 Å². The van der Waals surface area contributed by atoms with E-state index in [0.29, 0.717) is 14.7 Å². The molecule has 0 aliphatic rings. The maximum atomic E-state index is 13.5. The zero-order chi connectivity index (χ0) is 11.5. The van der Waals surface area contributed by atoms with Crippen LogP contribution in [0.15, 0.2) is 45.6 Å². The van der Waals surface area contributed by atoms with Crippen LogP contribution in [0.2, 0.25) is 0 Å². The molecule has 5 heteroatoms. The third kappa shape index (κ3) is 2.59. The summed E-state index contributed by atoms with van der Waals surface area (Å²) in [5, 5.41) is 0. The highest BCUT2D eigenvalue weighted by molar-refractivity contribution is 9.10. The van der Waals surface area contributed by atoms with Gasteiger partial charge in [0.25, 0.3) is 0 Å². The molecule has 2 nitrogen and oxygen atoms in total. The van der Waals surface area contributed by atoms with E-state index < -0.39 is 5.82 Å². The van der Waals surface area contributed by atoms with Crippen molar-refractivity contribution in [3.8, 4) is 11.5 Å². The number of hydrogen-bond donors (Lipinski definition) is 0. The lowest BCUT2D eigenvalue weighted by atomic mass is 10.3. The summed E-state index contributed by atoms with van der Waals surface area (Å²) in [5.41, 5.74) is 0. The van der Waals surface area contributed by atoms with Gasteiger partial charge in [0.05, 0.1) is 4.47 Å². The van der Waals surface area contributed by atoms with Gasteiger partial charge in [0.1, 0.15) is 5.75 Å². The Morgan fingerprint density at radius 2 is 1.94 bits per heavy atom. The summed E-state index contributed by atoms with van der Waals surface area (Å²) >= 11 is 6.45. The van der Waals surface area contributed by atoms with E-state index in [9.17, 15) is 4.39 Å². The molecule has 0 fully saturated rings. The number of ether oxygens (including phenoxy) is 1. The average molecular weight is 347 g/mol. The van der Waals surface area contributed by atoms with Crippen LogP contribution in [-0.4, -0.2) is 4.98 Å². The molecule has 2 rings (SSSR count). The minimum atomic E-state index is -0.418. The fourth-order valence-corrected chi connectivity index (χ4v) is 1.79. The van der Waals surface area contributed by atoms with Crippen LogP contribution in [0.4, 0.5) is 4.39 Å². The van der Waals surface area contributed by atoms with Crippen LogP contribution in [0.1, 0.15) is 0 Å². The van der Waals surface area contributed by atoms with E-state index in [2.05, 4.69) is 36.8 Å². The molecule has 0 unspecified atom stereocenters. The summed E-state index contributed by atoms with van der Waals surface area (Å²) in [6, 6.07) is 6.29. The monoisotopic (exact) mass is 345 g/mol. The van der Waals surface area contributed by atoms with Gasteiger partial charge in [-0.05, 0) is 34.1 Å². The Morgan fingerprint density at radius 3 is 2.62 bits per heavy atom. The second kappa shape index (κ2) is 4.93. The second-order valence-corrected chi connectivity index (χ2v) is 4.75. The van der Waals surface area contributed by atoms with Crippen molar-refractivity contribution in [3.63, 3.8) is 0 Å². The largest absolute Gasteiger partial charge is 0.453 e. The molecule has 1 heterocycles. The first-order chi connectivity index (χ1) is 7.66. The fraction of sp³-hybridized carbons (Fsp3) is 0. The standard InChI is InChI=1S/C11H6Br2FNO/c12-7-1-2-11(9(14)5-7)16-10-3-4-15-6-8(10)13/h1-6H. The molecule has 0 spiro atoms. The van der Waals surface area contributed by atoms with Crippen LogP contribution in [0, 0.1) is 5.82 Å². The molecule has 2 aromatic rings. The van der Waals surface area contributed by atoms with Gasteiger partial charge < -0.3 is 4.74 Å². The van der Waals surface area contributed by atoms with Gasteiger partial charge in [0, 0.05) is 22.9 Å². The van der Waals surface area contributed by atoms with E-state index in [4.69, 9.17) is 4.74 Å². The van der Waals surface area contributed by atoms with E-state index in [0.717, 1.165) is 0 Å². The SMILES string of the molecule is Fc1cc(Br)ccc1Oc1ccncc1Br. The Morgan fingerprint density at radius 1 is 1.12 bits per heavy atom. The van der Waals surface area contributed by atoms with Crippen LogP contribution in [0.5, 0.6) is 11.5 Å². The van der Waals surface area contributed by atoms with E-state index >= 15 is 0 Å². The van der Waals surface area contributed by atoms with Gasteiger partial charge in [-0.3, -0.25) is 4.98 Å². The first-order valence-corrected chi connectivity index (χ1v) is 5.98. The summed E-state index contributed by atoms with van der Waals surface area (Å²) in [6.45, 7) is 0. The Kier molecular flexibility index (Phi) is 3.56. The minimum absolute atomic E-state index is 0.176. The van der Waals surface area contributed by atoms with Crippen molar-refractivity contribution >= 4 is 31.9 Å². The van der Waals surface area contributed by atoms with Crippen molar-refractivity contribution in [2.24, 2.45) is 0 Å². The molecule has 0 aliphatic heterocycles. The zero-order valence-corrected chi connectivity index (χ0v) is 11.1. The van der Waals surface area contributed by atoms with Gasteiger partial charge in [-0.1, -0.05) is 15.9 Å². The molecule has 1 aromatic carbocycles. The number of rotatable bonds is 2. The molecule has 0 saturated heterocycles. The van der Waals surface area contributed by atoms with Gasteiger partial charge >= 0.3 is 0 Å². The van der Waals surface area contributed by atoms with Crippen molar-refractivity contribution in [3.05, 3.63) is 51.4 Å². The van der Waals surface area contributed by atoms with E-state index in [1.54, 1.807) is 30.6 Å². The smallest absolute Gasteiger partial charge is 0.166 e. The van der Waals surface area contributed by atoms with Crippen LogP contribution >= 0.6 is 31.9 Å². The van der Waals surface area contributed by atoms with E-state index in [1.807, 2.05) is 0 Å². The lowest BCUT2D eigenvalue weighted by Gasteiger charge is -2.07. The van der Waals surface area contributed by atoms with Crippen LogP contribution in [0.25, 0.3) is 0 Å². The molecular formula is C11H6Br2FNO. The van der Waals surface area contributed by atoms with E-state index in [1.165, 1.54) is 6.07 Å². The van der Waals surface area contributed by atoms with Crippen LogP contribution in [-0.2, 0) is 0 Å². The molecule has 0 saturated carbocycles. The molecule has 16 heavy (non-hydrogen) atoms. The quantitative estimate of drug-likeness (QED) is 0.796. The first-order valence-electron chi connectivity index (χ1n) is 4.39. The molecule has 0 aliphatic carbocycles. The highest BCUT2D eigenvalue weighted by Gasteiger charge is 2.07. The molecule has 0 atom stereocenters. The average Bonchev–Trinajstić information content (AvgIpc) is 2.25. The number of nitrogens with zero attached hydrogens (tertiary/aromatic N) is 1. The molecule has 1 aromatic heterocycles. The summed E-state index contributed by atoms with van der Waals surface area (Å²) < 4.78 is 20.2. The van der Waals surface area contributed by atoms with Crippen LogP contribution in [0.3, 0.4) is 0 Å². The zero-order valence-electron chi connectivity index (χ0n) is 7.95. The fourth-order valence-electron chi connectivity index (χ4n) is 1.12. The predicted molar refractivity (Wildman–Crippen MR) is 66.1 cm³/mol. The van der Waals surface area contributed by atoms with Gasteiger partial charge in [-0.15, -0.1) is 0 Å². The maximum absolute atomic E-state index is 13.5. The molecule has 0 amide bonds. The molecule has 0 radical (unpaired) electrons. The third-order valence-electron chi connectivity index (χ3n) is 1.85. The summed E-state index contributed by atoms with van der Waals surface area (Å²) in [5.74, 6) is 0.282. The highest BCUT2D eigenvalue weighted by atomic mass is 79.9. The second-order valence-electron chi connectivity index (χ2n) is 2.98. The van der Waals surface area contributed by atoms with Crippen molar-refractivity contribution in [2.45, 2.75) is 0 Å². The number of benzene rings is 1. The summed E-state index contributed by atoms with van der Waals surface area (Å²) in [4.78, 5) is 3.89. The molecular weight excluding hydrogens is 341 g/mol. The van der Waals surface area contributed by atoms with Crippen molar-refractivity contribution in [2.75, 3.05) is 0 Å². The van der Waals surface area contributed by atoms with Crippen LogP contribution < -0.4 is 4.74 Å². The summed E-state index contributed by atoms with van der Waals surface area (Å²) in [7, 11) is 0. The van der Waals surface area contributed by atoms with Gasteiger partial charge in [0.2, 0.25) is 0 Å². The number of aromatic nitrogens is 1. The maximum Gasteiger partial charge on any atom is 0.166 e. The lowest BCUT2D eigenvalue weighted by Crippen LogP contribution is -1.89. The Bertz CT molecular complexity index is 519. The van der Waals surface area contributed by atoms with Gasteiger partial charge in [0.15, 0.2) is 11.6 Å². The first kappa shape index (κ1) is 11.5. The topological polar surface area (TPSA) is 22.1 Å². The van der Waals surface area contributed by atoms with Crippen molar-refractivity contribution in [1.82, 2.24) is 4.98 Å². The Balaban J connectivity index is 2.31. The van der Waals surface area contributed by atoms with Gasteiger partial charge in [-0.25, -0.2) is 4.39 Å². The molecule has 82 valence electrons. The highest BCUT2D eigenvalue weighted by Crippen LogP contribution is 2.30. The van der Waals surface area contributed by atoms with E-state index in [-0.39, 0.29) is 5.75 Å². The normalized spacial score (nSPS) is 10.2. The number of hydrogen-bond acceptors (Lipinski definition) is 2. The minimum Gasteiger partial charge on any atom is -0.453 e. The molecule has 0 N–H and O–H groups in total. The third-order valence-corrected chi connectivity index (χ3v) is 2.94. The predicted octanol–water partition coefficient (Wildman–Crippen LogP) is 4.54. The summed E-state index contributed by atoms with van der Waals surface area (Å²) in [6.07, 6.45) is 3.17. The number of pyridine rings is 1. The Labute approximate surface area is 109 Å². The number of halogens is 3. The van der Waals surface area contributed by atoms with Crippen molar-refractivity contribution in [1.29, 1.82) is 0 Å². The molecule has 0 bridgehead atoms.